The number of Topliss-reactive ketones (excluding diaryl/α,β-unsaturated/α-hetero) is 1. The third-order valence-electron chi connectivity index (χ3n) is 10.3. The first-order valence-corrected chi connectivity index (χ1v) is 21.6. The van der Waals surface area contributed by atoms with E-state index < -0.39 is 0 Å². The van der Waals surface area contributed by atoms with Gasteiger partial charge in [-0.25, -0.2) is 9.86 Å². The maximum absolute atomic E-state index is 13.3. The minimum absolute atomic E-state index is 0.0667. The second-order valence-corrected chi connectivity index (χ2v) is 15.3. The molecule has 0 saturated carbocycles. The highest BCUT2D eigenvalue weighted by Gasteiger charge is 2.23. The molecule has 2 aromatic carbocycles. The fraction of sp³-hybridized carbons (Fsp3) is 0.511. The zero-order valence-electron chi connectivity index (χ0n) is 36.8. The largest absolute Gasteiger partial charge is 0.496 e. The molecule has 330 valence electrons. The fourth-order valence-corrected chi connectivity index (χ4v) is 7.28. The Bertz CT molecular complexity index is 1740. The first-order valence-electron chi connectivity index (χ1n) is 20.5. The second kappa shape index (κ2) is 29.4. The van der Waals surface area contributed by atoms with Gasteiger partial charge in [0.05, 0.1) is 41.1 Å². The molecule has 13 heteroatoms. The molecule has 0 spiro atoms. The number of allylic oxidation sites excluding steroid dienone is 3. The Morgan fingerprint density at radius 3 is 2.18 bits per heavy atom. The molecular formula is C47H65NO11S. The lowest BCUT2D eigenvalue weighted by atomic mass is 9.84. The maximum Gasteiger partial charge on any atom is 0.339 e. The quantitative estimate of drug-likeness (QED) is 0.0222. The van der Waals surface area contributed by atoms with Gasteiger partial charge in [-0.2, -0.15) is 0 Å². The number of carbonyl (C=O) groups is 5. The lowest BCUT2D eigenvalue weighted by Crippen LogP contribution is -2.24. The molecule has 1 amide bonds. The van der Waals surface area contributed by atoms with Gasteiger partial charge >= 0.3 is 5.97 Å². The predicted molar refractivity (Wildman–Crippen MR) is 236 cm³/mol. The Labute approximate surface area is 361 Å². The molecule has 0 heterocycles. The van der Waals surface area contributed by atoms with Crippen LogP contribution in [0.15, 0.2) is 59.0 Å². The number of nitrogens with zero attached hydrogens (tertiary/aromatic N) is 1. The fourth-order valence-electron chi connectivity index (χ4n) is 6.58. The number of hydrogen-bond donors (Lipinski definition) is 0. The van der Waals surface area contributed by atoms with Crippen LogP contribution >= 0.6 is 11.8 Å². The first-order chi connectivity index (χ1) is 29.0. The highest BCUT2D eigenvalue weighted by Crippen LogP contribution is 2.37. The average molecular weight is 852 g/mol. The highest BCUT2D eigenvalue weighted by atomic mass is 32.2. The summed E-state index contributed by atoms with van der Waals surface area (Å²) in [7, 11) is 9.30. The van der Waals surface area contributed by atoms with E-state index in [9.17, 15) is 24.0 Å². The van der Waals surface area contributed by atoms with Crippen molar-refractivity contribution in [1.82, 2.24) is 5.06 Å². The Morgan fingerprint density at radius 1 is 0.867 bits per heavy atom. The number of hydroxylamine groups is 2. The Balaban J connectivity index is 0.00000109. The number of ether oxygens (including phenoxy) is 5. The number of hydrogen-bond acceptors (Lipinski definition) is 12. The molecule has 0 radical (unpaired) electrons. The second-order valence-electron chi connectivity index (χ2n) is 14.4. The van der Waals surface area contributed by atoms with E-state index in [0.29, 0.717) is 78.0 Å². The number of thioether (sulfide) groups is 1. The van der Waals surface area contributed by atoms with Gasteiger partial charge in [-0.3, -0.25) is 14.4 Å². The number of unbranched alkanes of at least 4 members (excludes halogenated alkanes) is 1. The van der Waals surface area contributed by atoms with Gasteiger partial charge in [0.1, 0.15) is 35.6 Å². The monoisotopic (exact) mass is 851 g/mol. The molecule has 0 aliphatic heterocycles. The van der Waals surface area contributed by atoms with Crippen LogP contribution in [0.5, 0.6) is 28.7 Å². The van der Waals surface area contributed by atoms with Crippen molar-refractivity contribution >= 4 is 48.1 Å². The molecule has 2 unspecified atom stereocenters. The summed E-state index contributed by atoms with van der Waals surface area (Å²) in [6.45, 7) is 4.21. The van der Waals surface area contributed by atoms with E-state index in [4.69, 9.17) is 23.7 Å². The van der Waals surface area contributed by atoms with Crippen molar-refractivity contribution in [3.8, 4) is 28.7 Å². The van der Waals surface area contributed by atoms with E-state index >= 15 is 0 Å². The molecule has 1 aliphatic carbocycles. The highest BCUT2D eigenvalue weighted by molar-refractivity contribution is 8.01. The summed E-state index contributed by atoms with van der Waals surface area (Å²) < 4.78 is 27.9. The first kappa shape index (κ1) is 51.3. The van der Waals surface area contributed by atoms with Gasteiger partial charge in [0.25, 0.3) is 0 Å². The Morgan fingerprint density at radius 2 is 1.57 bits per heavy atom. The van der Waals surface area contributed by atoms with Gasteiger partial charge in [0.2, 0.25) is 5.91 Å². The molecule has 0 aromatic heterocycles. The van der Waals surface area contributed by atoms with Crippen molar-refractivity contribution in [2.45, 2.75) is 103 Å². The van der Waals surface area contributed by atoms with Gasteiger partial charge in [0, 0.05) is 62.1 Å². The van der Waals surface area contributed by atoms with Gasteiger partial charge in [-0.1, -0.05) is 30.7 Å². The van der Waals surface area contributed by atoms with Crippen LogP contribution in [0.25, 0.3) is 6.08 Å². The normalized spacial score (nSPS) is 14.2. The number of rotatable bonds is 26. The number of methoxy groups -OCH3 is 4. The predicted octanol–water partition coefficient (Wildman–Crippen LogP) is 9.71. The molecule has 0 N–H and O–H groups in total. The SMILES string of the molecule is CCC(CC/C=C(\C)CCC1CCC=C(C(=O)Oc2cc(CS/C=C/c3c(OC)cc(OC)cc3OC)ccc2OC)C1)C(=O)CCCC=O.CON(C)C(=O)CCC=O. The molecule has 3 rings (SSSR count). The van der Waals surface area contributed by atoms with Crippen LogP contribution in [-0.4, -0.2) is 77.9 Å². The summed E-state index contributed by atoms with van der Waals surface area (Å²) in [6, 6.07) is 9.29. The van der Waals surface area contributed by atoms with Crippen LogP contribution in [0, 0.1) is 11.8 Å². The molecule has 0 bridgehead atoms. The van der Waals surface area contributed by atoms with Crippen LogP contribution in [0.1, 0.15) is 108 Å². The van der Waals surface area contributed by atoms with Crippen LogP contribution in [-0.2, 0) is 34.6 Å². The average Bonchev–Trinajstić information content (AvgIpc) is 3.27. The van der Waals surface area contributed by atoms with E-state index in [1.54, 1.807) is 40.2 Å². The Kier molecular flexibility index (Phi) is 25.1. The Hall–Kier alpha value is -4.88. The molecule has 2 atom stereocenters. The summed E-state index contributed by atoms with van der Waals surface area (Å²) in [5.41, 5.74) is 3.84. The van der Waals surface area contributed by atoms with E-state index in [0.717, 1.165) is 67.4 Å². The smallest absolute Gasteiger partial charge is 0.339 e. The van der Waals surface area contributed by atoms with Crippen LogP contribution in [0.4, 0.5) is 0 Å². The van der Waals surface area contributed by atoms with Crippen molar-refractivity contribution in [1.29, 1.82) is 0 Å². The molecule has 12 nitrogen and oxygen atoms in total. The number of amides is 1. The van der Waals surface area contributed by atoms with Crippen LogP contribution < -0.4 is 23.7 Å². The molecule has 60 heavy (non-hydrogen) atoms. The van der Waals surface area contributed by atoms with Crippen molar-refractivity contribution < 1.29 is 52.5 Å². The van der Waals surface area contributed by atoms with Crippen molar-refractivity contribution in [2.24, 2.45) is 11.8 Å². The third kappa shape index (κ3) is 18.2. The minimum atomic E-state index is -0.327. The number of esters is 1. The molecule has 0 saturated heterocycles. The minimum Gasteiger partial charge on any atom is -0.496 e. The summed E-state index contributed by atoms with van der Waals surface area (Å²) in [5.74, 6) is 3.77. The van der Waals surface area contributed by atoms with E-state index in [-0.39, 0.29) is 36.4 Å². The standard InChI is InChI=1S/C41H54O8S.C6H11NO3/c1-7-32(36(43)16-8-9-22-42)14-10-12-29(2)17-18-30-13-11-15-33(24-30)41(44)49-40-25-31(19-20-37(40)46-4)28-50-23-21-35-38(47-5)26-34(45-3)27-39(35)48-6;1-7(10-2)6(9)4-3-5-8/h12,15,19-23,25-27,30,32H,7-11,13-14,16-18,24,28H2,1-6H3;5H,3-4H2,1-2H3/b23-21+,29-12+;. The molecular weight excluding hydrogens is 787 g/mol. The zero-order chi connectivity index (χ0) is 44.3. The molecule has 1 aliphatic rings. The van der Waals surface area contributed by atoms with Crippen molar-refractivity contribution in [3.63, 3.8) is 0 Å². The number of aldehydes is 2. The van der Waals surface area contributed by atoms with Crippen molar-refractivity contribution in [2.75, 3.05) is 42.6 Å². The molecule has 0 fully saturated rings. The number of ketones is 1. The van der Waals surface area contributed by atoms with Crippen LogP contribution in [0.3, 0.4) is 0 Å². The van der Waals surface area contributed by atoms with Gasteiger partial charge in [-0.05, 0) is 99.8 Å². The number of carbonyl (C=O) groups excluding carboxylic acids is 5. The van der Waals surface area contributed by atoms with E-state index in [1.807, 2.05) is 47.9 Å². The number of benzene rings is 2. The van der Waals surface area contributed by atoms with Gasteiger partial charge in [0.15, 0.2) is 11.5 Å². The lowest BCUT2D eigenvalue weighted by molar-refractivity contribution is -0.168. The van der Waals surface area contributed by atoms with Crippen molar-refractivity contribution in [3.05, 3.63) is 70.2 Å². The van der Waals surface area contributed by atoms with Crippen LogP contribution in [0.2, 0.25) is 0 Å². The summed E-state index contributed by atoms with van der Waals surface area (Å²) in [6.07, 6.45) is 17.0. The lowest BCUT2D eigenvalue weighted by Gasteiger charge is -2.22. The van der Waals surface area contributed by atoms with E-state index in [2.05, 4.69) is 24.8 Å². The van der Waals surface area contributed by atoms with E-state index in [1.165, 1.54) is 19.7 Å². The topological polar surface area (TPSA) is 144 Å². The third-order valence-corrected chi connectivity index (χ3v) is 11.1. The summed E-state index contributed by atoms with van der Waals surface area (Å²) in [5, 5.41) is 3.08. The summed E-state index contributed by atoms with van der Waals surface area (Å²) >= 11 is 1.59. The van der Waals surface area contributed by atoms with Gasteiger partial charge < -0.3 is 33.3 Å². The zero-order valence-corrected chi connectivity index (χ0v) is 37.6. The maximum atomic E-state index is 13.3. The molecule has 2 aromatic rings. The van der Waals surface area contributed by atoms with Gasteiger partial charge in [-0.15, -0.1) is 11.8 Å². The summed E-state index contributed by atoms with van der Waals surface area (Å²) in [4.78, 5) is 61.5.